The van der Waals surface area contributed by atoms with Gasteiger partial charge in [-0.1, -0.05) is 18.7 Å². The van der Waals surface area contributed by atoms with Crippen LogP contribution < -0.4 is 0 Å². The van der Waals surface area contributed by atoms with Crippen LogP contribution in [0.15, 0.2) is 29.6 Å². The van der Waals surface area contributed by atoms with Crippen LogP contribution in [0.2, 0.25) is 0 Å². The Labute approximate surface area is 131 Å². The van der Waals surface area contributed by atoms with Crippen LogP contribution in [0.25, 0.3) is 0 Å². The molecule has 2 rings (SSSR count). The lowest BCUT2D eigenvalue weighted by atomic mass is 10.0. The van der Waals surface area contributed by atoms with Gasteiger partial charge in [0.25, 0.3) is 0 Å². The summed E-state index contributed by atoms with van der Waals surface area (Å²) in [5.74, 6) is -2.16. The molecule has 0 bridgehead atoms. The largest absolute Gasteiger partial charge is 0.390 e. The maximum atomic E-state index is 13.2. The number of aromatic nitrogens is 2. The SMILES string of the molecule is C[C@H](CSc1ncc(CO)n1C)C(=O)c1ccc(F)c(F)c1. The number of benzene rings is 1. The van der Waals surface area contributed by atoms with Gasteiger partial charge in [-0.3, -0.25) is 4.79 Å². The van der Waals surface area contributed by atoms with Crippen molar-refractivity contribution in [3.8, 4) is 0 Å². The second-order valence-electron chi connectivity index (χ2n) is 4.95. The van der Waals surface area contributed by atoms with Crippen LogP contribution in [0.5, 0.6) is 0 Å². The second kappa shape index (κ2) is 7.02. The minimum Gasteiger partial charge on any atom is -0.390 e. The molecule has 118 valence electrons. The molecule has 0 aliphatic heterocycles. The Balaban J connectivity index is 2.02. The molecule has 0 amide bonds. The number of imidazole rings is 1. The third-order valence-corrected chi connectivity index (χ3v) is 4.62. The van der Waals surface area contributed by atoms with Crippen molar-refractivity contribution in [3.63, 3.8) is 0 Å². The summed E-state index contributed by atoms with van der Waals surface area (Å²) in [4.78, 5) is 16.4. The monoisotopic (exact) mass is 326 g/mol. The van der Waals surface area contributed by atoms with E-state index < -0.39 is 11.6 Å². The van der Waals surface area contributed by atoms with E-state index in [4.69, 9.17) is 5.11 Å². The van der Waals surface area contributed by atoms with E-state index >= 15 is 0 Å². The van der Waals surface area contributed by atoms with Crippen molar-refractivity contribution in [1.29, 1.82) is 0 Å². The van der Waals surface area contributed by atoms with E-state index in [9.17, 15) is 13.6 Å². The van der Waals surface area contributed by atoms with E-state index in [1.165, 1.54) is 17.8 Å². The maximum absolute atomic E-state index is 13.2. The van der Waals surface area contributed by atoms with Crippen molar-refractivity contribution in [1.82, 2.24) is 9.55 Å². The molecule has 0 saturated heterocycles. The first-order valence-corrected chi connectivity index (χ1v) is 7.66. The van der Waals surface area contributed by atoms with Crippen LogP contribution in [0.1, 0.15) is 23.0 Å². The van der Waals surface area contributed by atoms with E-state index in [1.54, 1.807) is 24.7 Å². The third-order valence-electron chi connectivity index (χ3n) is 3.32. The summed E-state index contributed by atoms with van der Waals surface area (Å²) in [6, 6.07) is 3.16. The second-order valence-corrected chi connectivity index (χ2v) is 5.94. The topological polar surface area (TPSA) is 55.1 Å². The lowest BCUT2D eigenvalue weighted by Gasteiger charge is -2.10. The number of aliphatic hydroxyl groups is 1. The Morgan fingerprint density at radius 3 is 2.73 bits per heavy atom. The lowest BCUT2D eigenvalue weighted by molar-refractivity contribution is 0.0941. The summed E-state index contributed by atoms with van der Waals surface area (Å²) >= 11 is 1.37. The van der Waals surface area contributed by atoms with Gasteiger partial charge in [-0.05, 0) is 18.2 Å². The van der Waals surface area contributed by atoms with Gasteiger partial charge in [0.05, 0.1) is 18.5 Å². The summed E-state index contributed by atoms with van der Waals surface area (Å²) < 4.78 is 27.8. The van der Waals surface area contributed by atoms with E-state index in [1.807, 2.05) is 0 Å². The van der Waals surface area contributed by atoms with Crippen molar-refractivity contribution in [2.75, 3.05) is 5.75 Å². The zero-order valence-corrected chi connectivity index (χ0v) is 13.0. The number of Topliss-reactive ketones (excluding diaryl/α,β-unsaturated/α-hetero) is 1. The summed E-state index contributed by atoms with van der Waals surface area (Å²) in [6.45, 7) is 1.62. The maximum Gasteiger partial charge on any atom is 0.167 e. The Bertz CT molecular complexity index is 688. The fraction of sp³-hybridized carbons (Fsp3) is 0.333. The minimum atomic E-state index is -1.03. The van der Waals surface area contributed by atoms with Crippen LogP contribution in [0.4, 0.5) is 8.78 Å². The van der Waals surface area contributed by atoms with Gasteiger partial charge in [0.2, 0.25) is 0 Å². The molecular formula is C15H16F2N2O2S. The zero-order chi connectivity index (χ0) is 16.3. The number of hydrogen-bond acceptors (Lipinski definition) is 4. The molecule has 1 N–H and O–H groups in total. The molecule has 0 unspecified atom stereocenters. The molecule has 0 radical (unpaired) electrons. The van der Waals surface area contributed by atoms with Gasteiger partial charge in [0.1, 0.15) is 0 Å². The highest BCUT2D eigenvalue weighted by atomic mass is 32.2. The minimum absolute atomic E-state index is 0.104. The predicted molar refractivity (Wildman–Crippen MR) is 79.7 cm³/mol. The first-order valence-electron chi connectivity index (χ1n) is 6.67. The molecule has 0 spiro atoms. The molecule has 1 aromatic heterocycles. The molecule has 0 aliphatic carbocycles. The Kier molecular flexibility index (Phi) is 5.31. The standard InChI is InChI=1S/C15H16F2N2O2S/c1-9(8-22-15-18-6-11(7-20)19(15)2)14(21)10-3-4-12(16)13(17)5-10/h3-6,9,20H,7-8H2,1-2H3/t9-/m1/s1. The predicted octanol–water partition coefficient (Wildman–Crippen LogP) is 2.80. The number of carbonyl (C=O) groups excluding carboxylic acids is 1. The third kappa shape index (κ3) is 3.53. The molecule has 1 atom stereocenters. The summed E-state index contributed by atoms with van der Waals surface area (Å²) in [6.07, 6.45) is 1.57. The van der Waals surface area contributed by atoms with Gasteiger partial charge >= 0.3 is 0 Å². The average Bonchev–Trinajstić information content (AvgIpc) is 2.87. The first kappa shape index (κ1) is 16.6. The van der Waals surface area contributed by atoms with Gasteiger partial charge in [-0.2, -0.15) is 0 Å². The molecule has 22 heavy (non-hydrogen) atoms. The van der Waals surface area contributed by atoms with Crippen LogP contribution in [0, 0.1) is 17.6 Å². The van der Waals surface area contributed by atoms with Gasteiger partial charge in [-0.15, -0.1) is 0 Å². The number of ketones is 1. The van der Waals surface area contributed by atoms with E-state index in [0.717, 1.165) is 12.1 Å². The van der Waals surface area contributed by atoms with Crippen molar-refractivity contribution in [2.24, 2.45) is 13.0 Å². The van der Waals surface area contributed by atoms with E-state index in [-0.39, 0.29) is 23.9 Å². The van der Waals surface area contributed by atoms with Crippen LogP contribution in [-0.4, -0.2) is 26.2 Å². The Morgan fingerprint density at radius 1 is 1.41 bits per heavy atom. The lowest BCUT2D eigenvalue weighted by Crippen LogP contribution is -2.14. The molecule has 0 aliphatic rings. The normalized spacial score (nSPS) is 12.4. The molecule has 7 heteroatoms. The average molecular weight is 326 g/mol. The van der Waals surface area contributed by atoms with Gasteiger partial charge in [-0.25, -0.2) is 13.8 Å². The van der Waals surface area contributed by atoms with Crippen molar-refractivity contribution >= 4 is 17.5 Å². The molecule has 1 heterocycles. The fourth-order valence-corrected chi connectivity index (χ4v) is 2.90. The Morgan fingerprint density at radius 2 is 2.14 bits per heavy atom. The van der Waals surface area contributed by atoms with Gasteiger partial charge in [0, 0.05) is 24.3 Å². The smallest absolute Gasteiger partial charge is 0.167 e. The summed E-state index contributed by atoms with van der Waals surface area (Å²) in [5.41, 5.74) is 0.838. The highest BCUT2D eigenvalue weighted by Crippen LogP contribution is 2.22. The molecule has 0 fully saturated rings. The number of rotatable bonds is 6. The molecule has 2 aromatic rings. The van der Waals surface area contributed by atoms with Gasteiger partial charge in [0.15, 0.2) is 22.6 Å². The number of nitrogens with zero attached hydrogens (tertiary/aromatic N) is 2. The number of hydrogen-bond donors (Lipinski definition) is 1. The number of thioether (sulfide) groups is 1. The molecule has 4 nitrogen and oxygen atoms in total. The van der Waals surface area contributed by atoms with Crippen LogP contribution >= 0.6 is 11.8 Å². The zero-order valence-electron chi connectivity index (χ0n) is 12.2. The highest BCUT2D eigenvalue weighted by molar-refractivity contribution is 7.99. The van der Waals surface area contributed by atoms with Crippen molar-refractivity contribution < 1.29 is 18.7 Å². The van der Waals surface area contributed by atoms with E-state index in [0.29, 0.717) is 16.6 Å². The summed E-state index contributed by atoms with van der Waals surface area (Å²) in [5, 5.41) is 9.79. The van der Waals surface area contributed by atoms with Crippen molar-refractivity contribution in [3.05, 3.63) is 47.3 Å². The van der Waals surface area contributed by atoms with Crippen LogP contribution in [-0.2, 0) is 13.7 Å². The molecular weight excluding hydrogens is 310 g/mol. The molecule has 1 aromatic carbocycles. The van der Waals surface area contributed by atoms with Gasteiger partial charge < -0.3 is 9.67 Å². The summed E-state index contributed by atoms with van der Waals surface area (Å²) in [7, 11) is 1.78. The number of aliphatic hydroxyl groups excluding tert-OH is 1. The van der Waals surface area contributed by atoms with Crippen molar-refractivity contribution in [2.45, 2.75) is 18.7 Å². The highest BCUT2D eigenvalue weighted by Gasteiger charge is 2.18. The number of carbonyl (C=O) groups is 1. The fourth-order valence-electron chi connectivity index (χ4n) is 1.92. The van der Waals surface area contributed by atoms with E-state index in [2.05, 4.69) is 4.98 Å². The molecule has 0 saturated carbocycles. The number of halogens is 2. The first-order chi connectivity index (χ1) is 10.4. The Hall–Kier alpha value is -1.73. The quantitative estimate of drug-likeness (QED) is 0.655. The van der Waals surface area contributed by atoms with Crippen LogP contribution in [0.3, 0.4) is 0 Å².